The van der Waals surface area contributed by atoms with Crippen LogP contribution in [0.25, 0.3) is 5.65 Å². The summed E-state index contributed by atoms with van der Waals surface area (Å²) in [5.74, 6) is 5.70. The number of nitrogens with zero attached hydrogens (tertiary/aromatic N) is 2. The van der Waals surface area contributed by atoms with Crippen LogP contribution in [0.1, 0.15) is 28.9 Å². The predicted octanol–water partition coefficient (Wildman–Crippen LogP) is 3.47. The Morgan fingerprint density at radius 1 is 1.32 bits per heavy atom. The molecule has 4 N–H and O–H groups in total. The third kappa shape index (κ3) is 6.44. The molecule has 1 saturated heterocycles. The van der Waals surface area contributed by atoms with E-state index in [4.69, 9.17) is 4.74 Å². The average Bonchev–Trinajstić information content (AvgIpc) is 3.24. The van der Waals surface area contributed by atoms with E-state index in [-0.39, 0.29) is 46.9 Å². The molecule has 200 valence electrons. The van der Waals surface area contributed by atoms with Crippen molar-refractivity contribution in [3.8, 4) is 17.6 Å². The molecule has 0 spiro atoms. The number of carbonyl (C=O) groups excluding carboxylic acids is 2. The van der Waals surface area contributed by atoms with Gasteiger partial charge in [-0.05, 0) is 42.7 Å². The lowest BCUT2D eigenvalue weighted by Gasteiger charge is -2.24. The number of carbonyl (C=O) groups is 2. The summed E-state index contributed by atoms with van der Waals surface area (Å²) in [5.41, 5.74) is -2.71. The molecule has 2 aromatic heterocycles. The summed E-state index contributed by atoms with van der Waals surface area (Å²) in [5, 5.41) is 11.5. The summed E-state index contributed by atoms with van der Waals surface area (Å²) in [6.07, 6.45) is 2.48. The van der Waals surface area contributed by atoms with Crippen molar-refractivity contribution >= 4 is 40.6 Å². The number of thioether (sulfide) groups is 1. The van der Waals surface area contributed by atoms with E-state index >= 15 is 0 Å². The molecule has 1 aromatic carbocycles. The zero-order chi connectivity index (χ0) is 27.3. The van der Waals surface area contributed by atoms with Crippen LogP contribution >= 0.6 is 11.8 Å². The Labute approximate surface area is 220 Å². The number of rotatable bonds is 7. The third-order valence-electron chi connectivity index (χ3n) is 5.71. The highest BCUT2D eigenvalue weighted by molar-refractivity contribution is 8.00. The lowest BCUT2D eigenvalue weighted by atomic mass is 10.1. The highest BCUT2D eigenvalue weighted by Gasteiger charge is 2.33. The number of alkyl halides is 3. The van der Waals surface area contributed by atoms with Crippen LogP contribution in [0, 0.1) is 11.8 Å². The van der Waals surface area contributed by atoms with E-state index in [0.717, 1.165) is 0 Å². The molecule has 3 heterocycles. The molecule has 38 heavy (non-hydrogen) atoms. The molecule has 1 aliphatic rings. The Balaban J connectivity index is 1.58. The molecule has 4 rings (SSSR count). The first-order chi connectivity index (χ1) is 18.2. The quantitative estimate of drug-likeness (QED) is 0.266. The molecule has 1 aliphatic heterocycles. The Hall–Kier alpha value is -4.05. The summed E-state index contributed by atoms with van der Waals surface area (Å²) >= 11 is -0.280. The van der Waals surface area contributed by atoms with Crippen LogP contribution in [0.2, 0.25) is 0 Å². The van der Waals surface area contributed by atoms with Crippen LogP contribution in [0.4, 0.5) is 24.5 Å². The first-order valence-electron chi connectivity index (χ1n) is 11.6. The second kappa shape index (κ2) is 11.6. The molecule has 0 bridgehead atoms. The predicted molar refractivity (Wildman–Crippen MR) is 139 cm³/mol. The summed E-state index contributed by atoms with van der Waals surface area (Å²) in [7, 11) is 2.99. The van der Waals surface area contributed by atoms with Crippen molar-refractivity contribution in [2.75, 3.05) is 37.9 Å². The maximum atomic E-state index is 13.4. The van der Waals surface area contributed by atoms with Gasteiger partial charge in [0.05, 0.1) is 25.0 Å². The Kier molecular flexibility index (Phi) is 8.21. The first kappa shape index (κ1) is 27.0. The van der Waals surface area contributed by atoms with Gasteiger partial charge in [-0.15, -0.1) is 0 Å². The SMILES string of the molecule is CNC(=O)c1ccc(NCC#Cc2nc3c(N[C@H]4CCC(=O)NC4)cccn3c2SC(F)(F)F)c(OC)c1. The largest absolute Gasteiger partial charge is 0.495 e. The topological polar surface area (TPSA) is 109 Å². The van der Waals surface area contributed by atoms with Crippen molar-refractivity contribution < 1.29 is 27.5 Å². The summed E-state index contributed by atoms with van der Waals surface area (Å²) in [4.78, 5) is 27.7. The van der Waals surface area contributed by atoms with Crippen molar-refractivity contribution in [1.29, 1.82) is 0 Å². The standard InChI is InChI=1S/C25H25F3N6O3S/c1-29-23(36)15-7-9-17(20(13-15)37-2)30-11-3-5-19-24(38-25(26,27)28)34-12-4-6-18(22(34)33-19)32-16-8-10-21(35)31-14-16/h4,6-7,9,12-13,16,30,32H,8,10-11,14H2,1-2H3,(H,29,36)(H,31,35)/t16-/m0/s1. The fourth-order valence-electron chi connectivity index (χ4n) is 3.91. The van der Waals surface area contributed by atoms with Gasteiger partial charge in [0.15, 0.2) is 5.65 Å². The zero-order valence-electron chi connectivity index (χ0n) is 20.5. The summed E-state index contributed by atoms with van der Waals surface area (Å²) in [6.45, 7) is 0.503. The molecule has 1 atom stereocenters. The molecular weight excluding hydrogens is 521 g/mol. The highest BCUT2D eigenvalue weighted by Crippen LogP contribution is 2.39. The summed E-state index contributed by atoms with van der Waals surface area (Å²) in [6, 6.07) is 8.13. The van der Waals surface area contributed by atoms with Gasteiger partial charge in [-0.3, -0.25) is 14.0 Å². The molecule has 0 aliphatic carbocycles. The van der Waals surface area contributed by atoms with E-state index in [1.54, 1.807) is 30.3 Å². The number of hydrogen-bond donors (Lipinski definition) is 4. The van der Waals surface area contributed by atoms with Gasteiger partial charge in [0.1, 0.15) is 16.5 Å². The minimum atomic E-state index is -4.54. The van der Waals surface area contributed by atoms with Crippen molar-refractivity contribution in [2.45, 2.75) is 29.4 Å². The molecule has 2 amide bonds. The van der Waals surface area contributed by atoms with E-state index < -0.39 is 5.51 Å². The van der Waals surface area contributed by atoms with Crippen LogP contribution in [-0.4, -0.2) is 60.0 Å². The number of piperidine rings is 1. The number of benzene rings is 1. The van der Waals surface area contributed by atoms with E-state index in [1.807, 2.05) is 0 Å². The second-order valence-electron chi connectivity index (χ2n) is 8.26. The zero-order valence-corrected chi connectivity index (χ0v) is 21.3. The van der Waals surface area contributed by atoms with Crippen molar-refractivity contribution in [2.24, 2.45) is 0 Å². The molecule has 3 aromatic rings. The van der Waals surface area contributed by atoms with E-state index in [0.29, 0.717) is 47.7 Å². The number of anilines is 2. The Morgan fingerprint density at radius 2 is 2.13 bits per heavy atom. The monoisotopic (exact) mass is 546 g/mol. The van der Waals surface area contributed by atoms with Gasteiger partial charge in [-0.1, -0.05) is 5.92 Å². The molecule has 0 unspecified atom stereocenters. The van der Waals surface area contributed by atoms with Gasteiger partial charge in [0.25, 0.3) is 5.91 Å². The van der Waals surface area contributed by atoms with Crippen LogP contribution < -0.4 is 26.0 Å². The van der Waals surface area contributed by atoms with Gasteiger partial charge in [-0.2, -0.15) is 13.2 Å². The minimum absolute atomic E-state index is 0.0118. The molecular formula is C25H25F3N6O3S. The van der Waals surface area contributed by atoms with Gasteiger partial charge >= 0.3 is 5.51 Å². The number of halogens is 3. The molecule has 0 saturated carbocycles. The van der Waals surface area contributed by atoms with Crippen LogP contribution in [0.15, 0.2) is 41.6 Å². The number of methoxy groups -OCH3 is 1. The number of hydrogen-bond acceptors (Lipinski definition) is 7. The van der Waals surface area contributed by atoms with Crippen LogP contribution in [-0.2, 0) is 4.79 Å². The minimum Gasteiger partial charge on any atom is -0.495 e. The fourth-order valence-corrected chi connectivity index (χ4v) is 4.57. The van der Waals surface area contributed by atoms with Gasteiger partial charge in [-0.25, -0.2) is 4.98 Å². The molecule has 13 heteroatoms. The van der Waals surface area contributed by atoms with E-state index in [9.17, 15) is 22.8 Å². The summed E-state index contributed by atoms with van der Waals surface area (Å²) < 4.78 is 46.9. The third-order valence-corrected chi connectivity index (χ3v) is 6.52. The van der Waals surface area contributed by atoms with Gasteiger partial charge in [0, 0.05) is 49.6 Å². The molecule has 9 nitrogen and oxygen atoms in total. The highest BCUT2D eigenvalue weighted by atomic mass is 32.2. The molecule has 0 radical (unpaired) electrons. The second-order valence-corrected chi connectivity index (χ2v) is 9.32. The maximum absolute atomic E-state index is 13.4. The normalized spacial score (nSPS) is 15.3. The van der Waals surface area contributed by atoms with Gasteiger partial charge < -0.3 is 26.0 Å². The number of nitrogens with one attached hydrogen (secondary N) is 4. The van der Waals surface area contributed by atoms with E-state index in [1.165, 1.54) is 24.8 Å². The average molecular weight is 547 g/mol. The van der Waals surface area contributed by atoms with Crippen LogP contribution in [0.5, 0.6) is 5.75 Å². The number of pyridine rings is 1. The Morgan fingerprint density at radius 3 is 2.82 bits per heavy atom. The molecule has 1 fully saturated rings. The lowest BCUT2D eigenvalue weighted by molar-refractivity contribution is -0.122. The smallest absolute Gasteiger partial charge is 0.447 e. The van der Waals surface area contributed by atoms with Gasteiger partial charge in [0.2, 0.25) is 5.91 Å². The van der Waals surface area contributed by atoms with Crippen LogP contribution in [0.3, 0.4) is 0 Å². The number of ether oxygens (including phenoxy) is 1. The van der Waals surface area contributed by atoms with Crippen molar-refractivity contribution in [3.05, 3.63) is 47.8 Å². The van der Waals surface area contributed by atoms with E-state index in [2.05, 4.69) is 38.1 Å². The lowest BCUT2D eigenvalue weighted by Crippen LogP contribution is -2.41. The number of amides is 2. The van der Waals surface area contributed by atoms with Crippen molar-refractivity contribution in [3.63, 3.8) is 0 Å². The first-order valence-corrected chi connectivity index (χ1v) is 12.4. The number of fused-ring (bicyclic) bond motifs is 1. The number of imidazole rings is 1. The Bertz CT molecular complexity index is 1400. The maximum Gasteiger partial charge on any atom is 0.447 e. The fraction of sp³-hybridized carbons (Fsp3) is 0.320. The van der Waals surface area contributed by atoms with Crippen molar-refractivity contribution in [1.82, 2.24) is 20.0 Å². The number of aromatic nitrogens is 2.